The summed E-state index contributed by atoms with van der Waals surface area (Å²) < 4.78 is 0. The second-order valence-electron chi connectivity index (χ2n) is 5.07. The predicted molar refractivity (Wildman–Crippen MR) is 95.1 cm³/mol. The van der Waals surface area contributed by atoms with E-state index in [1.807, 2.05) is 42.5 Å². The Morgan fingerprint density at radius 3 is 2.68 bits per heavy atom. The summed E-state index contributed by atoms with van der Waals surface area (Å²) in [4.78, 5) is 25.6. The van der Waals surface area contributed by atoms with E-state index in [0.29, 0.717) is 16.4 Å². The van der Waals surface area contributed by atoms with Crippen LogP contribution in [0.3, 0.4) is 0 Å². The van der Waals surface area contributed by atoms with Crippen molar-refractivity contribution >= 4 is 23.2 Å². The molecule has 2 N–H and O–H groups in total. The molecule has 1 amide bonds. The van der Waals surface area contributed by atoms with Gasteiger partial charge in [-0.05, 0) is 12.1 Å². The minimum atomic E-state index is -0.300. The minimum absolute atomic E-state index is 0.195. The molecule has 4 rings (SSSR count). The van der Waals surface area contributed by atoms with Gasteiger partial charge >= 0.3 is 0 Å². The van der Waals surface area contributed by atoms with Gasteiger partial charge in [0.1, 0.15) is 15.6 Å². The molecular weight excluding hydrogens is 336 g/mol. The molecule has 4 aromatic rings. The van der Waals surface area contributed by atoms with Crippen LogP contribution >= 0.6 is 11.3 Å². The standard InChI is InChI=1S/C17H12N6OS/c24-15(13-10-19-16(25-13)11-6-2-1-3-7-11)21-17-20-14(22-23-17)12-8-4-5-9-18-12/h1-10H,(H2,20,21,22,23,24). The molecule has 1 aromatic carbocycles. The third kappa shape index (κ3) is 3.29. The van der Waals surface area contributed by atoms with Crippen molar-refractivity contribution in [1.29, 1.82) is 0 Å². The van der Waals surface area contributed by atoms with Crippen molar-refractivity contribution < 1.29 is 4.79 Å². The van der Waals surface area contributed by atoms with Gasteiger partial charge in [-0.25, -0.2) is 4.98 Å². The lowest BCUT2D eigenvalue weighted by Gasteiger charge is -1.96. The molecule has 8 heteroatoms. The first-order valence-corrected chi connectivity index (χ1v) is 8.27. The second-order valence-corrected chi connectivity index (χ2v) is 6.10. The summed E-state index contributed by atoms with van der Waals surface area (Å²) in [6.45, 7) is 0. The highest BCUT2D eigenvalue weighted by atomic mass is 32.1. The van der Waals surface area contributed by atoms with Gasteiger partial charge in [-0.15, -0.1) is 16.4 Å². The van der Waals surface area contributed by atoms with Crippen LogP contribution in [0, 0.1) is 0 Å². The molecule has 0 fully saturated rings. The van der Waals surface area contributed by atoms with Gasteiger partial charge < -0.3 is 0 Å². The molecule has 0 unspecified atom stereocenters. The Balaban J connectivity index is 1.50. The molecule has 0 saturated carbocycles. The van der Waals surface area contributed by atoms with Gasteiger partial charge in [-0.1, -0.05) is 36.4 Å². The third-order valence-electron chi connectivity index (χ3n) is 3.37. The largest absolute Gasteiger partial charge is 0.288 e. The zero-order valence-corrected chi connectivity index (χ0v) is 13.7. The molecule has 0 atom stereocenters. The van der Waals surface area contributed by atoms with E-state index in [1.54, 1.807) is 18.5 Å². The van der Waals surface area contributed by atoms with E-state index in [0.717, 1.165) is 10.6 Å². The van der Waals surface area contributed by atoms with Gasteiger partial charge in [-0.2, -0.15) is 4.98 Å². The van der Waals surface area contributed by atoms with E-state index < -0.39 is 0 Å². The highest BCUT2D eigenvalue weighted by Gasteiger charge is 2.14. The normalized spacial score (nSPS) is 10.6. The Labute approximate surface area is 146 Å². The average molecular weight is 348 g/mol. The summed E-state index contributed by atoms with van der Waals surface area (Å²) in [7, 11) is 0. The van der Waals surface area contributed by atoms with E-state index in [-0.39, 0.29) is 11.9 Å². The van der Waals surface area contributed by atoms with E-state index in [4.69, 9.17) is 0 Å². The number of hydrogen-bond donors (Lipinski definition) is 2. The first-order valence-electron chi connectivity index (χ1n) is 7.46. The molecule has 7 nitrogen and oxygen atoms in total. The molecule has 0 saturated heterocycles. The Morgan fingerprint density at radius 1 is 1.04 bits per heavy atom. The summed E-state index contributed by atoms with van der Waals surface area (Å²) >= 11 is 1.32. The molecule has 3 aromatic heterocycles. The molecular formula is C17H12N6OS. The zero-order valence-electron chi connectivity index (χ0n) is 12.9. The fraction of sp³-hybridized carbons (Fsp3) is 0. The number of hydrogen-bond acceptors (Lipinski definition) is 6. The average Bonchev–Trinajstić information content (AvgIpc) is 3.33. The van der Waals surface area contributed by atoms with Crippen LogP contribution < -0.4 is 5.32 Å². The Bertz CT molecular complexity index is 996. The first kappa shape index (κ1) is 15.2. The first-order chi connectivity index (χ1) is 12.3. The number of amides is 1. The van der Waals surface area contributed by atoms with Crippen molar-refractivity contribution in [2.45, 2.75) is 0 Å². The van der Waals surface area contributed by atoms with Crippen LogP contribution in [0.4, 0.5) is 5.95 Å². The number of carbonyl (C=O) groups excluding carboxylic acids is 1. The molecule has 3 heterocycles. The SMILES string of the molecule is O=C(Nc1n[nH]c(-c2ccccn2)n1)c1cnc(-c2ccccc2)s1. The molecule has 0 aliphatic rings. The molecule has 122 valence electrons. The number of carbonyl (C=O) groups is 1. The van der Waals surface area contributed by atoms with Crippen molar-refractivity contribution in [3.63, 3.8) is 0 Å². The number of rotatable bonds is 4. The van der Waals surface area contributed by atoms with Crippen LogP contribution in [0.15, 0.2) is 60.9 Å². The summed E-state index contributed by atoms with van der Waals surface area (Å²) in [6.07, 6.45) is 3.22. The van der Waals surface area contributed by atoms with Gasteiger partial charge in [0.05, 0.1) is 6.20 Å². The number of thiazole rings is 1. The van der Waals surface area contributed by atoms with Gasteiger partial charge in [-0.3, -0.25) is 20.2 Å². The van der Waals surface area contributed by atoms with Crippen LogP contribution in [-0.2, 0) is 0 Å². The summed E-state index contributed by atoms with van der Waals surface area (Å²) in [5.74, 6) is 0.386. The van der Waals surface area contributed by atoms with E-state index >= 15 is 0 Å². The van der Waals surface area contributed by atoms with Gasteiger partial charge in [0.2, 0.25) is 5.95 Å². The lowest BCUT2D eigenvalue weighted by atomic mass is 10.2. The Morgan fingerprint density at radius 2 is 1.88 bits per heavy atom. The van der Waals surface area contributed by atoms with Gasteiger partial charge in [0, 0.05) is 11.8 Å². The molecule has 0 aliphatic heterocycles. The van der Waals surface area contributed by atoms with Crippen LogP contribution in [0.1, 0.15) is 9.67 Å². The van der Waals surface area contributed by atoms with Crippen molar-refractivity contribution in [2.24, 2.45) is 0 Å². The monoisotopic (exact) mass is 348 g/mol. The number of H-pyrrole nitrogens is 1. The van der Waals surface area contributed by atoms with E-state index in [1.165, 1.54) is 11.3 Å². The number of anilines is 1. The predicted octanol–water partition coefficient (Wildman–Crippen LogP) is 3.24. The van der Waals surface area contributed by atoms with Crippen LogP contribution in [0.25, 0.3) is 22.1 Å². The summed E-state index contributed by atoms with van der Waals surface area (Å²) in [5, 5.41) is 10.2. The quantitative estimate of drug-likeness (QED) is 0.590. The summed E-state index contributed by atoms with van der Waals surface area (Å²) in [5.41, 5.74) is 1.63. The van der Waals surface area contributed by atoms with Crippen LogP contribution in [0.5, 0.6) is 0 Å². The fourth-order valence-corrected chi connectivity index (χ4v) is 3.01. The molecule has 0 spiro atoms. The summed E-state index contributed by atoms with van der Waals surface area (Å²) in [6, 6.07) is 15.2. The number of aromatic amines is 1. The van der Waals surface area contributed by atoms with Crippen LogP contribution in [-0.4, -0.2) is 31.1 Å². The topological polar surface area (TPSA) is 96.5 Å². The molecule has 0 aliphatic carbocycles. The van der Waals surface area contributed by atoms with Crippen molar-refractivity contribution in [3.05, 3.63) is 65.8 Å². The van der Waals surface area contributed by atoms with Crippen molar-refractivity contribution in [3.8, 4) is 22.1 Å². The highest BCUT2D eigenvalue weighted by Crippen LogP contribution is 2.25. The number of pyridine rings is 1. The maximum absolute atomic E-state index is 12.4. The zero-order chi connectivity index (χ0) is 17.1. The van der Waals surface area contributed by atoms with E-state index in [9.17, 15) is 4.79 Å². The lowest BCUT2D eigenvalue weighted by Crippen LogP contribution is -2.11. The maximum atomic E-state index is 12.4. The van der Waals surface area contributed by atoms with Crippen molar-refractivity contribution in [2.75, 3.05) is 5.32 Å². The van der Waals surface area contributed by atoms with Gasteiger partial charge in [0.15, 0.2) is 5.82 Å². The molecule has 0 bridgehead atoms. The fourth-order valence-electron chi connectivity index (χ4n) is 2.19. The highest BCUT2D eigenvalue weighted by molar-refractivity contribution is 7.17. The number of aromatic nitrogens is 5. The molecule has 25 heavy (non-hydrogen) atoms. The second kappa shape index (κ2) is 6.62. The van der Waals surface area contributed by atoms with Crippen molar-refractivity contribution in [1.82, 2.24) is 25.1 Å². The van der Waals surface area contributed by atoms with E-state index in [2.05, 4.69) is 30.5 Å². The Hall–Kier alpha value is -3.39. The van der Waals surface area contributed by atoms with Crippen LogP contribution in [0.2, 0.25) is 0 Å². The number of nitrogens with one attached hydrogen (secondary N) is 2. The number of benzene rings is 1. The smallest absolute Gasteiger partial charge is 0.269 e. The number of nitrogens with zero attached hydrogens (tertiary/aromatic N) is 4. The van der Waals surface area contributed by atoms with Gasteiger partial charge in [0.25, 0.3) is 5.91 Å². The molecule has 0 radical (unpaired) electrons. The minimum Gasteiger partial charge on any atom is -0.288 e. The third-order valence-corrected chi connectivity index (χ3v) is 4.41. The lowest BCUT2D eigenvalue weighted by molar-refractivity contribution is 0.102. The Kier molecular flexibility index (Phi) is 4.01. The maximum Gasteiger partial charge on any atom is 0.269 e.